The Balaban J connectivity index is 1.54. The van der Waals surface area contributed by atoms with E-state index in [1.165, 1.54) is 25.1 Å². The largest absolute Gasteiger partial charge is 0.497 e. The van der Waals surface area contributed by atoms with E-state index in [4.69, 9.17) is 4.74 Å². The number of nitro groups is 1. The highest BCUT2D eigenvalue weighted by molar-refractivity contribution is 5.97. The van der Waals surface area contributed by atoms with E-state index < -0.39 is 22.8 Å². The molecular formula is C20H20N6O5. The SMILES string of the molecule is COc1ccc(-c2n[nH]c(CNC(=O)C(C)NC(=O)c3cccc([N+](=O)[O-])c3)n2)cc1. The third kappa shape index (κ3) is 5.41. The number of H-pyrrole nitrogens is 1. The number of amides is 2. The molecule has 0 fully saturated rings. The molecule has 160 valence electrons. The van der Waals surface area contributed by atoms with E-state index in [0.29, 0.717) is 17.4 Å². The quantitative estimate of drug-likeness (QED) is 0.368. The smallest absolute Gasteiger partial charge is 0.270 e. The van der Waals surface area contributed by atoms with Gasteiger partial charge in [0.25, 0.3) is 11.6 Å². The minimum absolute atomic E-state index is 0.0823. The van der Waals surface area contributed by atoms with Gasteiger partial charge in [0, 0.05) is 23.3 Å². The molecule has 3 rings (SSSR count). The number of carbonyl (C=O) groups excluding carboxylic acids is 2. The molecule has 0 saturated heterocycles. The van der Waals surface area contributed by atoms with Gasteiger partial charge in [0.15, 0.2) is 5.82 Å². The van der Waals surface area contributed by atoms with Gasteiger partial charge in [0.2, 0.25) is 5.91 Å². The predicted octanol–water partition coefficient (Wildman–Crippen LogP) is 1.82. The molecule has 0 aliphatic rings. The monoisotopic (exact) mass is 424 g/mol. The van der Waals surface area contributed by atoms with Crippen LogP contribution in [0.5, 0.6) is 5.75 Å². The summed E-state index contributed by atoms with van der Waals surface area (Å²) >= 11 is 0. The van der Waals surface area contributed by atoms with E-state index in [-0.39, 0.29) is 17.8 Å². The van der Waals surface area contributed by atoms with E-state index in [1.807, 2.05) is 12.1 Å². The van der Waals surface area contributed by atoms with Crippen molar-refractivity contribution in [3.63, 3.8) is 0 Å². The number of aromatic amines is 1. The van der Waals surface area contributed by atoms with E-state index in [0.717, 1.165) is 11.6 Å². The summed E-state index contributed by atoms with van der Waals surface area (Å²) in [6.45, 7) is 1.59. The predicted molar refractivity (Wildman–Crippen MR) is 110 cm³/mol. The zero-order valence-corrected chi connectivity index (χ0v) is 16.8. The first-order valence-corrected chi connectivity index (χ1v) is 9.26. The molecule has 0 aliphatic carbocycles. The normalized spacial score (nSPS) is 11.4. The lowest BCUT2D eigenvalue weighted by molar-refractivity contribution is -0.384. The Morgan fingerprint density at radius 2 is 1.97 bits per heavy atom. The van der Waals surface area contributed by atoms with Crippen LogP contribution in [-0.4, -0.2) is 45.1 Å². The van der Waals surface area contributed by atoms with Crippen molar-refractivity contribution < 1.29 is 19.2 Å². The van der Waals surface area contributed by atoms with Crippen LogP contribution >= 0.6 is 0 Å². The second kappa shape index (κ2) is 9.48. The van der Waals surface area contributed by atoms with Crippen LogP contribution in [0.1, 0.15) is 23.1 Å². The van der Waals surface area contributed by atoms with Gasteiger partial charge in [0.1, 0.15) is 17.6 Å². The summed E-state index contributed by atoms with van der Waals surface area (Å²) in [4.78, 5) is 39.1. The average molecular weight is 424 g/mol. The first-order chi connectivity index (χ1) is 14.9. The highest BCUT2D eigenvalue weighted by Crippen LogP contribution is 2.19. The van der Waals surface area contributed by atoms with Crippen LogP contribution in [0.15, 0.2) is 48.5 Å². The second-order valence-corrected chi connectivity index (χ2v) is 6.55. The Bertz CT molecular complexity index is 1100. The van der Waals surface area contributed by atoms with Crippen molar-refractivity contribution in [2.75, 3.05) is 7.11 Å². The summed E-state index contributed by atoms with van der Waals surface area (Å²) < 4.78 is 5.11. The summed E-state index contributed by atoms with van der Waals surface area (Å²) in [5.74, 6) is 0.595. The van der Waals surface area contributed by atoms with Crippen molar-refractivity contribution in [3.8, 4) is 17.1 Å². The van der Waals surface area contributed by atoms with E-state index in [1.54, 1.807) is 19.2 Å². The third-order valence-corrected chi connectivity index (χ3v) is 4.37. The number of nitrogens with one attached hydrogen (secondary N) is 3. The molecule has 11 nitrogen and oxygen atoms in total. The number of ether oxygens (including phenoxy) is 1. The van der Waals surface area contributed by atoms with Crippen molar-refractivity contribution in [2.24, 2.45) is 0 Å². The molecule has 0 bridgehead atoms. The van der Waals surface area contributed by atoms with Crippen molar-refractivity contribution in [2.45, 2.75) is 19.5 Å². The van der Waals surface area contributed by atoms with Crippen LogP contribution in [0.25, 0.3) is 11.4 Å². The second-order valence-electron chi connectivity index (χ2n) is 6.55. The van der Waals surface area contributed by atoms with Gasteiger partial charge in [-0.3, -0.25) is 24.8 Å². The summed E-state index contributed by atoms with van der Waals surface area (Å²) in [7, 11) is 1.58. The highest BCUT2D eigenvalue weighted by atomic mass is 16.6. The van der Waals surface area contributed by atoms with E-state index in [2.05, 4.69) is 25.8 Å². The number of carbonyl (C=O) groups is 2. The third-order valence-electron chi connectivity index (χ3n) is 4.37. The number of hydrogen-bond donors (Lipinski definition) is 3. The Labute approximate surface area is 177 Å². The van der Waals surface area contributed by atoms with E-state index >= 15 is 0 Å². The minimum atomic E-state index is -0.865. The fourth-order valence-corrected chi connectivity index (χ4v) is 2.67. The van der Waals surface area contributed by atoms with Crippen LogP contribution in [0.2, 0.25) is 0 Å². The van der Waals surface area contributed by atoms with Gasteiger partial charge in [-0.15, -0.1) is 0 Å². The number of methoxy groups -OCH3 is 1. The van der Waals surface area contributed by atoms with Crippen LogP contribution in [0.3, 0.4) is 0 Å². The molecule has 3 aromatic rings. The van der Waals surface area contributed by atoms with Gasteiger partial charge in [-0.2, -0.15) is 5.10 Å². The van der Waals surface area contributed by atoms with Gasteiger partial charge in [0.05, 0.1) is 18.6 Å². The van der Waals surface area contributed by atoms with Crippen LogP contribution < -0.4 is 15.4 Å². The van der Waals surface area contributed by atoms with Gasteiger partial charge >= 0.3 is 0 Å². The Kier molecular flexibility index (Phi) is 6.55. The maximum absolute atomic E-state index is 12.3. The van der Waals surface area contributed by atoms with E-state index in [9.17, 15) is 19.7 Å². The van der Waals surface area contributed by atoms with Crippen molar-refractivity contribution >= 4 is 17.5 Å². The van der Waals surface area contributed by atoms with Gasteiger partial charge < -0.3 is 15.4 Å². The fourth-order valence-electron chi connectivity index (χ4n) is 2.67. The molecule has 11 heteroatoms. The lowest BCUT2D eigenvalue weighted by Gasteiger charge is -2.13. The number of nitro benzene ring substituents is 1. The number of rotatable bonds is 8. The van der Waals surface area contributed by atoms with Crippen LogP contribution in [0, 0.1) is 10.1 Å². The maximum Gasteiger partial charge on any atom is 0.270 e. The van der Waals surface area contributed by atoms with Gasteiger partial charge in [-0.1, -0.05) is 6.07 Å². The van der Waals surface area contributed by atoms with Crippen molar-refractivity contribution in [1.29, 1.82) is 0 Å². The van der Waals surface area contributed by atoms with Crippen molar-refractivity contribution in [3.05, 3.63) is 70.0 Å². The molecule has 0 spiro atoms. The van der Waals surface area contributed by atoms with Crippen molar-refractivity contribution in [1.82, 2.24) is 25.8 Å². The summed E-state index contributed by atoms with van der Waals surface area (Å²) in [6, 6.07) is 11.6. The molecule has 3 N–H and O–H groups in total. The molecule has 0 saturated carbocycles. The molecule has 2 amide bonds. The van der Waals surface area contributed by atoms with Gasteiger partial charge in [-0.05, 0) is 37.3 Å². The zero-order valence-electron chi connectivity index (χ0n) is 16.8. The van der Waals surface area contributed by atoms with Gasteiger partial charge in [-0.25, -0.2) is 4.98 Å². The molecule has 1 unspecified atom stereocenters. The van der Waals surface area contributed by atoms with Crippen LogP contribution in [-0.2, 0) is 11.3 Å². The fraction of sp³-hybridized carbons (Fsp3) is 0.200. The molecule has 1 heterocycles. The molecule has 2 aromatic carbocycles. The summed E-state index contributed by atoms with van der Waals surface area (Å²) in [6.07, 6.45) is 0. The molecule has 31 heavy (non-hydrogen) atoms. The number of hydrogen-bond acceptors (Lipinski definition) is 7. The number of nitrogens with zero attached hydrogens (tertiary/aromatic N) is 3. The lowest BCUT2D eigenvalue weighted by atomic mass is 10.1. The summed E-state index contributed by atoms with van der Waals surface area (Å²) in [5.41, 5.74) is 0.670. The first-order valence-electron chi connectivity index (χ1n) is 9.26. The molecular weight excluding hydrogens is 404 g/mol. The molecule has 1 atom stereocenters. The highest BCUT2D eigenvalue weighted by Gasteiger charge is 2.18. The Hall–Kier alpha value is -4.28. The topological polar surface area (TPSA) is 152 Å². The number of aromatic nitrogens is 3. The molecule has 0 aliphatic heterocycles. The standard InChI is InChI=1S/C20H20N6O5/c1-12(22-20(28)14-4-3-5-15(10-14)26(29)30)19(27)21-11-17-23-18(25-24-17)13-6-8-16(31-2)9-7-13/h3-10,12H,11H2,1-2H3,(H,21,27)(H,22,28)(H,23,24,25). The summed E-state index contributed by atoms with van der Waals surface area (Å²) in [5, 5.41) is 22.9. The maximum atomic E-state index is 12.3. The Morgan fingerprint density at radius 1 is 1.23 bits per heavy atom. The lowest BCUT2D eigenvalue weighted by Crippen LogP contribution is -2.44. The number of non-ortho nitro benzene ring substituents is 1. The first kappa shape index (κ1) is 21.4. The van der Waals surface area contributed by atoms with Crippen LogP contribution in [0.4, 0.5) is 5.69 Å². The minimum Gasteiger partial charge on any atom is -0.497 e. The zero-order chi connectivity index (χ0) is 22.4. The average Bonchev–Trinajstić information content (AvgIpc) is 3.26. The number of benzene rings is 2. The molecule has 0 radical (unpaired) electrons. The molecule has 1 aromatic heterocycles. The Morgan fingerprint density at radius 3 is 2.65 bits per heavy atom.